The molecular formula is C13H21N3. The van der Waals surface area contributed by atoms with Gasteiger partial charge in [-0.3, -0.25) is 9.88 Å². The van der Waals surface area contributed by atoms with Gasteiger partial charge in [0, 0.05) is 44.6 Å². The van der Waals surface area contributed by atoms with E-state index < -0.39 is 0 Å². The molecule has 1 fully saturated rings. The zero-order chi connectivity index (χ0) is 11.4. The number of nitrogens with one attached hydrogen (secondary N) is 1. The molecule has 3 nitrogen and oxygen atoms in total. The van der Waals surface area contributed by atoms with Gasteiger partial charge in [-0.1, -0.05) is 13.8 Å². The smallest absolute Gasteiger partial charge is 0.0474 e. The van der Waals surface area contributed by atoms with Gasteiger partial charge in [-0.05, 0) is 23.6 Å². The summed E-state index contributed by atoms with van der Waals surface area (Å²) in [6, 6.07) is 4.77. The van der Waals surface area contributed by atoms with Crippen LogP contribution in [-0.4, -0.2) is 36.1 Å². The molecule has 2 rings (SSSR count). The molecule has 1 atom stereocenters. The Morgan fingerprint density at radius 1 is 1.44 bits per heavy atom. The van der Waals surface area contributed by atoms with Crippen LogP contribution in [0.1, 0.15) is 25.5 Å². The van der Waals surface area contributed by atoms with Gasteiger partial charge in [0.05, 0.1) is 0 Å². The lowest BCUT2D eigenvalue weighted by Crippen LogP contribution is -2.47. The highest BCUT2D eigenvalue weighted by Gasteiger charge is 2.23. The van der Waals surface area contributed by atoms with Crippen LogP contribution in [0, 0.1) is 5.92 Å². The fourth-order valence-electron chi connectivity index (χ4n) is 2.35. The summed E-state index contributed by atoms with van der Waals surface area (Å²) in [5, 5.41) is 3.47. The molecule has 0 bridgehead atoms. The number of aromatic nitrogens is 1. The Kier molecular flexibility index (Phi) is 3.91. The number of rotatable bonds is 3. The van der Waals surface area contributed by atoms with Crippen LogP contribution >= 0.6 is 0 Å². The predicted octanol–water partition coefficient (Wildman–Crippen LogP) is 1.68. The third-order valence-electron chi connectivity index (χ3n) is 3.04. The Balaban J connectivity index is 2.10. The summed E-state index contributed by atoms with van der Waals surface area (Å²) in [6.45, 7) is 9.04. The van der Waals surface area contributed by atoms with Crippen molar-refractivity contribution >= 4 is 0 Å². The highest BCUT2D eigenvalue weighted by molar-refractivity contribution is 5.16. The molecule has 0 aromatic carbocycles. The minimum atomic E-state index is 0.513. The van der Waals surface area contributed by atoms with E-state index in [1.165, 1.54) is 12.1 Å². The van der Waals surface area contributed by atoms with E-state index in [2.05, 4.69) is 41.2 Å². The summed E-state index contributed by atoms with van der Waals surface area (Å²) >= 11 is 0. The average molecular weight is 219 g/mol. The van der Waals surface area contributed by atoms with Crippen molar-refractivity contribution in [3.8, 4) is 0 Å². The van der Waals surface area contributed by atoms with Crippen LogP contribution < -0.4 is 5.32 Å². The first-order valence-electron chi connectivity index (χ1n) is 6.12. The maximum atomic E-state index is 4.09. The molecule has 1 aliphatic heterocycles. The van der Waals surface area contributed by atoms with E-state index in [-0.39, 0.29) is 0 Å². The molecule has 1 aliphatic rings. The number of hydrogen-bond donors (Lipinski definition) is 1. The predicted molar refractivity (Wildman–Crippen MR) is 66.3 cm³/mol. The summed E-state index contributed by atoms with van der Waals surface area (Å²) in [6.07, 6.45) is 3.77. The molecule has 0 amide bonds. The van der Waals surface area contributed by atoms with Gasteiger partial charge in [0.2, 0.25) is 0 Å². The Hall–Kier alpha value is -0.930. The van der Waals surface area contributed by atoms with Crippen LogP contribution in [0.3, 0.4) is 0 Å². The highest BCUT2D eigenvalue weighted by Crippen LogP contribution is 2.22. The summed E-state index contributed by atoms with van der Waals surface area (Å²) in [5.41, 5.74) is 1.38. The van der Waals surface area contributed by atoms with Crippen LogP contribution in [0.15, 0.2) is 24.5 Å². The van der Waals surface area contributed by atoms with Crippen LogP contribution in [0.2, 0.25) is 0 Å². The zero-order valence-electron chi connectivity index (χ0n) is 10.2. The van der Waals surface area contributed by atoms with E-state index in [9.17, 15) is 0 Å². The zero-order valence-corrected chi connectivity index (χ0v) is 10.2. The molecule has 0 spiro atoms. The number of nitrogens with zero attached hydrogens (tertiary/aromatic N) is 2. The first-order valence-corrected chi connectivity index (χ1v) is 6.12. The van der Waals surface area contributed by atoms with E-state index in [4.69, 9.17) is 0 Å². The second kappa shape index (κ2) is 5.41. The first-order chi connectivity index (χ1) is 7.77. The van der Waals surface area contributed by atoms with E-state index in [1.54, 1.807) is 0 Å². The second-order valence-electron chi connectivity index (χ2n) is 4.89. The van der Waals surface area contributed by atoms with Gasteiger partial charge < -0.3 is 5.32 Å². The van der Waals surface area contributed by atoms with Gasteiger partial charge in [-0.15, -0.1) is 0 Å². The van der Waals surface area contributed by atoms with Gasteiger partial charge in [0.1, 0.15) is 0 Å². The first kappa shape index (κ1) is 11.6. The van der Waals surface area contributed by atoms with Crippen LogP contribution in [0.25, 0.3) is 0 Å². The summed E-state index contributed by atoms with van der Waals surface area (Å²) in [7, 11) is 0. The van der Waals surface area contributed by atoms with E-state index >= 15 is 0 Å². The third-order valence-corrected chi connectivity index (χ3v) is 3.04. The lowest BCUT2D eigenvalue weighted by molar-refractivity contribution is 0.144. The van der Waals surface area contributed by atoms with Crippen molar-refractivity contribution in [2.75, 3.05) is 26.2 Å². The van der Waals surface area contributed by atoms with Crippen molar-refractivity contribution in [3.05, 3.63) is 30.1 Å². The summed E-state index contributed by atoms with van der Waals surface area (Å²) < 4.78 is 0. The molecule has 88 valence electrons. The second-order valence-corrected chi connectivity index (χ2v) is 4.89. The number of piperazine rings is 1. The number of hydrogen-bond acceptors (Lipinski definition) is 3. The molecule has 1 saturated heterocycles. The van der Waals surface area contributed by atoms with Crippen LogP contribution in [-0.2, 0) is 0 Å². The van der Waals surface area contributed by atoms with Crippen LogP contribution in [0.5, 0.6) is 0 Å². The standard InChI is InChI=1S/C13H21N3/c1-11(2)10-16-8-7-15-9-13(16)12-3-5-14-6-4-12/h3-6,11,13,15H,7-10H2,1-2H3. The fraction of sp³-hybridized carbons (Fsp3) is 0.615. The molecule has 1 aromatic heterocycles. The van der Waals surface area contributed by atoms with E-state index in [0.717, 1.165) is 25.6 Å². The molecule has 0 aliphatic carbocycles. The maximum absolute atomic E-state index is 4.09. The van der Waals surface area contributed by atoms with Crippen molar-refractivity contribution in [2.24, 2.45) is 5.92 Å². The molecule has 1 aromatic rings. The van der Waals surface area contributed by atoms with Crippen molar-refractivity contribution in [3.63, 3.8) is 0 Å². The van der Waals surface area contributed by atoms with Crippen molar-refractivity contribution in [2.45, 2.75) is 19.9 Å². The molecule has 1 N–H and O–H groups in total. The largest absolute Gasteiger partial charge is 0.314 e. The summed E-state index contributed by atoms with van der Waals surface area (Å²) in [5.74, 6) is 0.724. The van der Waals surface area contributed by atoms with Gasteiger partial charge in [0.15, 0.2) is 0 Å². The third kappa shape index (κ3) is 2.80. The molecule has 3 heteroatoms. The molecule has 16 heavy (non-hydrogen) atoms. The van der Waals surface area contributed by atoms with E-state index in [0.29, 0.717) is 6.04 Å². The Morgan fingerprint density at radius 3 is 2.88 bits per heavy atom. The molecule has 2 heterocycles. The van der Waals surface area contributed by atoms with Gasteiger partial charge >= 0.3 is 0 Å². The maximum Gasteiger partial charge on any atom is 0.0474 e. The van der Waals surface area contributed by atoms with Gasteiger partial charge in [-0.2, -0.15) is 0 Å². The van der Waals surface area contributed by atoms with Gasteiger partial charge in [0.25, 0.3) is 0 Å². The van der Waals surface area contributed by atoms with E-state index in [1.807, 2.05) is 12.4 Å². The monoisotopic (exact) mass is 219 g/mol. The minimum Gasteiger partial charge on any atom is -0.314 e. The van der Waals surface area contributed by atoms with Crippen LogP contribution in [0.4, 0.5) is 0 Å². The average Bonchev–Trinajstić information content (AvgIpc) is 2.30. The lowest BCUT2D eigenvalue weighted by atomic mass is 10.0. The number of pyridine rings is 1. The molecule has 1 unspecified atom stereocenters. The lowest BCUT2D eigenvalue weighted by Gasteiger charge is -2.37. The molecule has 0 radical (unpaired) electrons. The Morgan fingerprint density at radius 2 is 2.19 bits per heavy atom. The highest BCUT2D eigenvalue weighted by atomic mass is 15.2. The fourth-order valence-corrected chi connectivity index (χ4v) is 2.35. The normalized spacial score (nSPS) is 22.6. The molecule has 0 saturated carbocycles. The quantitative estimate of drug-likeness (QED) is 0.838. The SMILES string of the molecule is CC(C)CN1CCNCC1c1ccncc1. The molecular weight excluding hydrogens is 198 g/mol. The Bertz CT molecular complexity index is 310. The topological polar surface area (TPSA) is 28.2 Å². The minimum absolute atomic E-state index is 0.513. The summed E-state index contributed by atoms with van der Waals surface area (Å²) in [4.78, 5) is 6.67. The van der Waals surface area contributed by atoms with Gasteiger partial charge in [-0.25, -0.2) is 0 Å². The van der Waals surface area contributed by atoms with Crippen molar-refractivity contribution in [1.82, 2.24) is 15.2 Å². The Labute approximate surface area is 97.9 Å². The van der Waals surface area contributed by atoms with Crippen molar-refractivity contribution < 1.29 is 0 Å². The van der Waals surface area contributed by atoms with Crippen molar-refractivity contribution in [1.29, 1.82) is 0 Å².